The standard InChI is InChI=1S/C16H29NO5S/c1-11(2)21-15(19)20-10-23-13-6-7-17-9-12(13)8-14(18)22-16(3,4)5/h8,11,13-14,17-18H,6-7,9-10H2,1-5H3/b12-8-. The Morgan fingerprint density at radius 1 is 1.48 bits per heavy atom. The first-order valence-corrected chi connectivity index (χ1v) is 8.94. The summed E-state index contributed by atoms with van der Waals surface area (Å²) in [7, 11) is 0. The summed E-state index contributed by atoms with van der Waals surface area (Å²) >= 11 is 1.52. The summed E-state index contributed by atoms with van der Waals surface area (Å²) in [5.41, 5.74) is 0.643. The first-order chi connectivity index (χ1) is 10.7. The van der Waals surface area contributed by atoms with Crippen molar-refractivity contribution in [3.8, 4) is 0 Å². The van der Waals surface area contributed by atoms with Crippen LogP contribution in [-0.4, -0.2) is 53.5 Å². The minimum absolute atomic E-state index is 0.182. The van der Waals surface area contributed by atoms with E-state index in [1.165, 1.54) is 11.8 Å². The quantitative estimate of drug-likeness (QED) is 0.434. The molecule has 2 atom stereocenters. The van der Waals surface area contributed by atoms with E-state index in [1.807, 2.05) is 20.8 Å². The molecule has 2 N–H and O–H groups in total. The van der Waals surface area contributed by atoms with Crippen LogP contribution >= 0.6 is 11.8 Å². The minimum atomic E-state index is -0.945. The molecular formula is C16H29NO5S. The van der Waals surface area contributed by atoms with Crippen LogP contribution in [0.4, 0.5) is 4.79 Å². The van der Waals surface area contributed by atoms with Crippen molar-refractivity contribution in [1.82, 2.24) is 5.32 Å². The van der Waals surface area contributed by atoms with Crippen LogP contribution in [0.5, 0.6) is 0 Å². The van der Waals surface area contributed by atoms with Gasteiger partial charge in [-0.3, -0.25) is 0 Å². The van der Waals surface area contributed by atoms with Gasteiger partial charge in [-0.1, -0.05) is 0 Å². The number of aliphatic hydroxyl groups excluding tert-OH is 1. The molecule has 0 bridgehead atoms. The molecule has 0 amide bonds. The van der Waals surface area contributed by atoms with E-state index in [2.05, 4.69) is 5.32 Å². The summed E-state index contributed by atoms with van der Waals surface area (Å²) in [4.78, 5) is 11.4. The van der Waals surface area contributed by atoms with Gasteiger partial charge < -0.3 is 24.6 Å². The molecule has 6 nitrogen and oxygen atoms in total. The molecule has 1 aliphatic rings. The van der Waals surface area contributed by atoms with Crippen molar-refractivity contribution in [3.05, 3.63) is 11.6 Å². The highest BCUT2D eigenvalue weighted by Crippen LogP contribution is 2.26. The Bertz CT molecular complexity index is 406. The van der Waals surface area contributed by atoms with E-state index in [9.17, 15) is 9.90 Å². The summed E-state index contributed by atoms with van der Waals surface area (Å²) in [6, 6.07) is 0. The molecule has 0 aromatic heterocycles. The zero-order valence-electron chi connectivity index (χ0n) is 14.6. The highest BCUT2D eigenvalue weighted by molar-refractivity contribution is 7.99. The Morgan fingerprint density at radius 3 is 2.78 bits per heavy atom. The van der Waals surface area contributed by atoms with Crippen LogP contribution in [-0.2, 0) is 14.2 Å². The highest BCUT2D eigenvalue weighted by atomic mass is 32.2. The van der Waals surface area contributed by atoms with Gasteiger partial charge in [0.1, 0.15) is 5.94 Å². The van der Waals surface area contributed by atoms with Crippen LogP contribution in [0, 0.1) is 0 Å². The van der Waals surface area contributed by atoms with Gasteiger partial charge in [-0.15, -0.1) is 11.8 Å². The molecule has 1 aliphatic heterocycles. The Morgan fingerprint density at radius 2 is 2.17 bits per heavy atom. The Kier molecular flexibility index (Phi) is 8.39. The fourth-order valence-electron chi connectivity index (χ4n) is 2.09. The summed E-state index contributed by atoms with van der Waals surface area (Å²) in [5, 5.41) is 13.5. The molecule has 1 heterocycles. The van der Waals surface area contributed by atoms with Crippen LogP contribution in [0.25, 0.3) is 0 Å². The van der Waals surface area contributed by atoms with Crippen molar-refractivity contribution in [2.75, 3.05) is 19.0 Å². The number of carbonyl (C=O) groups excluding carboxylic acids is 1. The molecule has 7 heteroatoms. The predicted octanol–water partition coefficient (Wildman–Crippen LogP) is 2.66. The Labute approximate surface area is 142 Å². The lowest BCUT2D eigenvalue weighted by Crippen LogP contribution is -2.34. The predicted molar refractivity (Wildman–Crippen MR) is 91.4 cm³/mol. The number of hydrogen-bond acceptors (Lipinski definition) is 7. The second-order valence-corrected chi connectivity index (χ2v) is 7.80. The number of rotatable bonds is 6. The topological polar surface area (TPSA) is 77.0 Å². The summed E-state index contributed by atoms with van der Waals surface area (Å²) in [5.74, 6) is 0.226. The van der Waals surface area contributed by atoms with Crippen molar-refractivity contribution < 1.29 is 24.1 Å². The molecule has 0 radical (unpaired) electrons. The van der Waals surface area contributed by atoms with Crippen LogP contribution in [0.2, 0.25) is 0 Å². The molecule has 23 heavy (non-hydrogen) atoms. The average molecular weight is 347 g/mol. The minimum Gasteiger partial charge on any atom is -0.432 e. The lowest BCUT2D eigenvalue weighted by Gasteiger charge is -2.28. The molecule has 1 fully saturated rings. The maximum absolute atomic E-state index is 11.4. The molecule has 0 spiro atoms. The highest BCUT2D eigenvalue weighted by Gasteiger charge is 2.22. The van der Waals surface area contributed by atoms with Gasteiger partial charge in [-0.25, -0.2) is 4.79 Å². The number of ether oxygens (including phenoxy) is 3. The van der Waals surface area contributed by atoms with Gasteiger partial charge >= 0.3 is 6.16 Å². The van der Waals surface area contributed by atoms with Crippen molar-refractivity contribution in [3.63, 3.8) is 0 Å². The molecule has 1 saturated heterocycles. The second kappa shape index (κ2) is 9.52. The van der Waals surface area contributed by atoms with Gasteiger partial charge in [0, 0.05) is 11.8 Å². The first kappa shape index (κ1) is 20.3. The molecule has 134 valence electrons. The number of aliphatic hydroxyl groups is 1. The van der Waals surface area contributed by atoms with Crippen molar-refractivity contribution in [1.29, 1.82) is 0 Å². The molecule has 0 saturated carbocycles. The third-order valence-corrected chi connectivity index (χ3v) is 4.13. The van der Waals surface area contributed by atoms with E-state index in [-0.39, 0.29) is 17.3 Å². The molecule has 0 aromatic carbocycles. The van der Waals surface area contributed by atoms with E-state index in [0.29, 0.717) is 6.54 Å². The lowest BCUT2D eigenvalue weighted by atomic mass is 10.1. The Hall–Kier alpha value is -0.760. The van der Waals surface area contributed by atoms with Crippen molar-refractivity contribution in [2.24, 2.45) is 0 Å². The third-order valence-electron chi connectivity index (χ3n) is 2.93. The lowest BCUT2D eigenvalue weighted by molar-refractivity contribution is -0.138. The summed E-state index contributed by atoms with van der Waals surface area (Å²) in [6.45, 7) is 10.8. The monoisotopic (exact) mass is 347 g/mol. The maximum Gasteiger partial charge on any atom is 0.509 e. The molecule has 0 aliphatic carbocycles. The molecule has 2 unspecified atom stereocenters. The number of carbonyl (C=O) groups is 1. The number of thioether (sulfide) groups is 1. The van der Waals surface area contributed by atoms with Crippen LogP contribution in [0.1, 0.15) is 41.0 Å². The normalized spacial score (nSPS) is 22.2. The van der Waals surface area contributed by atoms with Gasteiger partial charge in [0.25, 0.3) is 0 Å². The maximum atomic E-state index is 11.4. The molecular weight excluding hydrogens is 318 g/mol. The zero-order chi connectivity index (χ0) is 17.5. The molecule has 1 rings (SSSR count). The second-order valence-electron chi connectivity index (χ2n) is 6.66. The van der Waals surface area contributed by atoms with E-state index in [4.69, 9.17) is 14.2 Å². The summed E-state index contributed by atoms with van der Waals surface area (Å²) in [6.07, 6.45) is 0.859. The Balaban J connectivity index is 2.49. The van der Waals surface area contributed by atoms with Crippen LogP contribution in [0.3, 0.4) is 0 Å². The van der Waals surface area contributed by atoms with Gasteiger partial charge in [0.05, 0.1) is 11.7 Å². The van der Waals surface area contributed by atoms with Gasteiger partial charge in [0.2, 0.25) is 0 Å². The van der Waals surface area contributed by atoms with Crippen molar-refractivity contribution in [2.45, 2.75) is 64.3 Å². The van der Waals surface area contributed by atoms with Gasteiger partial charge in [0.15, 0.2) is 6.29 Å². The first-order valence-electron chi connectivity index (χ1n) is 7.89. The SMILES string of the molecule is CC(C)OC(=O)OCSC1CCNC/C1=C/C(O)OC(C)(C)C. The van der Waals surface area contributed by atoms with Gasteiger partial charge in [-0.05, 0) is 59.2 Å². The van der Waals surface area contributed by atoms with E-state index in [0.717, 1.165) is 18.5 Å². The third kappa shape index (κ3) is 9.20. The fourth-order valence-corrected chi connectivity index (χ4v) is 3.08. The number of nitrogens with one attached hydrogen (secondary N) is 1. The largest absolute Gasteiger partial charge is 0.509 e. The van der Waals surface area contributed by atoms with Crippen LogP contribution in [0.15, 0.2) is 11.6 Å². The fraction of sp³-hybridized carbons (Fsp3) is 0.812. The zero-order valence-corrected chi connectivity index (χ0v) is 15.4. The van der Waals surface area contributed by atoms with E-state index >= 15 is 0 Å². The van der Waals surface area contributed by atoms with E-state index < -0.39 is 18.0 Å². The summed E-state index contributed by atoms with van der Waals surface area (Å²) < 4.78 is 15.5. The van der Waals surface area contributed by atoms with E-state index in [1.54, 1.807) is 19.9 Å². The van der Waals surface area contributed by atoms with Crippen LogP contribution < -0.4 is 5.32 Å². The average Bonchev–Trinajstić information content (AvgIpc) is 2.37. The number of hydrogen-bond donors (Lipinski definition) is 2. The smallest absolute Gasteiger partial charge is 0.432 e. The van der Waals surface area contributed by atoms with Gasteiger partial charge in [-0.2, -0.15) is 0 Å². The number of piperidine rings is 1. The molecule has 0 aromatic rings. The van der Waals surface area contributed by atoms with Crippen molar-refractivity contribution >= 4 is 17.9 Å².